The van der Waals surface area contributed by atoms with Crippen molar-refractivity contribution < 1.29 is 0 Å². The maximum Gasteiger partial charge on any atom is 0.158 e. The van der Waals surface area contributed by atoms with E-state index in [1.807, 2.05) is 0 Å². The second-order valence-electron chi connectivity index (χ2n) is 6.04. The van der Waals surface area contributed by atoms with Gasteiger partial charge in [0, 0.05) is 35.3 Å². The molecule has 0 aliphatic carbocycles. The summed E-state index contributed by atoms with van der Waals surface area (Å²) in [6.07, 6.45) is 0. The molecule has 4 aromatic carbocycles. The minimum Gasteiger partial charge on any atom is -0.0619 e. The quantitative estimate of drug-likeness (QED) is 0.298. The lowest BCUT2D eigenvalue weighted by Crippen LogP contribution is -1.89. The molecule has 0 N–H and O–H groups in total. The van der Waals surface area contributed by atoms with Crippen molar-refractivity contribution in [1.82, 2.24) is 0 Å². The first-order chi connectivity index (χ1) is 13.3. The van der Waals surface area contributed by atoms with Crippen LogP contribution in [0.25, 0.3) is 0 Å². The third kappa shape index (κ3) is 5.46. The number of rotatable bonds is 6. The van der Waals surface area contributed by atoms with Crippen LogP contribution in [0.2, 0.25) is 0 Å². The lowest BCUT2D eigenvalue weighted by atomic mass is 10.4. The molecule has 0 saturated carbocycles. The summed E-state index contributed by atoms with van der Waals surface area (Å²) in [7, 11) is 0. The van der Waals surface area contributed by atoms with E-state index in [1.165, 1.54) is 64.7 Å². The minimum atomic E-state index is 1.26. The van der Waals surface area contributed by atoms with Crippen LogP contribution in [0.3, 0.4) is 0 Å². The molecule has 0 saturated heterocycles. The Kier molecular flexibility index (Phi) is 6.25. The molecule has 0 fully saturated rings. The highest BCUT2D eigenvalue weighted by molar-refractivity contribution is 7.79. The molecule has 0 atom stereocenters. The van der Waals surface area contributed by atoms with Crippen molar-refractivity contribution in [3.8, 4) is 0 Å². The fourth-order valence-electron chi connectivity index (χ4n) is 2.66. The molecule has 0 bridgehead atoms. The second-order valence-corrected chi connectivity index (χ2v) is 9.81. The highest BCUT2D eigenvalue weighted by atomic mass is 32.2. The lowest BCUT2D eigenvalue weighted by Gasteiger charge is -1.96. The molecule has 0 aromatic heterocycles. The Bertz CT molecular complexity index is 881. The molecule has 0 radical (unpaired) electrons. The van der Waals surface area contributed by atoms with Crippen LogP contribution in [-0.2, 0) is 35.3 Å². The summed E-state index contributed by atoms with van der Waals surface area (Å²) < 4.78 is 0. The molecule has 0 heterocycles. The topological polar surface area (TPSA) is 0 Å². The summed E-state index contributed by atoms with van der Waals surface area (Å²) in [6.45, 7) is 0. The summed E-state index contributed by atoms with van der Waals surface area (Å²) in [4.78, 5) is 7.98. The molecule has 4 rings (SSSR count). The van der Waals surface area contributed by atoms with Crippen molar-refractivity contribution in [1.29, 1.82) is 0 Å². The van der Waals surface area contributed by atoms with Crippen LogP contribution in [0.4, 0.5) is 0 Å². The maximum atomic E-state index is 2.24. The first kappa shape index (κ1) is 18.3. The van der Waals surface area contributed by atoms with Gasteiger partial charge in [-0.25, -0.2) is 0 Å². The third-order valence-electron chi connectivity index (χ3n) is 3.99. The molecule has 0 spiro atoms. The van der Waals surface area contributed by atoms with Crippen molar-refractivity contribution in [3.05, 3.63) is 109 Å². The molecule has 132 valence electrons. The Labute approximate surface area is 173 Å². The molecule has 0 aliphatic rings. The number of hydrogen-bond donors (Lipinski definition) is 0. The molecule has 27 heavy (non-hydrogen) atoms. The Hall–Kier alpha value is -2.07. The van der Waals surface area contributed by atoms with Gasteiger partial charge in [0.05, 0.1) is 0 Å². The van der Waals surface area contributed by atoms with Gasteiger partial charge in [0.25, 0.3) is 0 Å². The van der Waals surface area contributed by atoms with Crippen LogP contribution in [0, 0.1) is 0 Å². The van der Waals surface area contributed by atoms with Gasteiger partial charge < -0.3 is 0 Å². The summed E-state index contributed by atoms with van der Waals surface area (Å²) in [6, 6.07) is 39.1. The van der Waals surface area contributed by atoms with Crippen LogP contribution in [-0.4, -0.2) is 0 Å². The molecular weight excluding hydrogens is 384 g/mol. The van der Waals surface area contributed by atoms with E-state index in [1.54, 1.807) is 0 Å². The van der Waals surface area contributed by atoms with Gasteiger partial charge in [0.1, 0.15) is 0 Å². The molecule has 0 amide bonds. The summed E-state index contributed by atoms with van der Waals surface area (Å²) >= 11 is 3.78. The fourth-order valence-corrected chi connectivity index (χ4v) is 5.39. The zero-order valence-electron chi connectivity index (χ0n) is 14.7. The number of hydrogen-bond acceptors (Lipinski definition) is 0. The van der Waals surface area contributed by atoms with Gasteiger partial charge >= 0.3 is 0 Å². The average Bonchev–Trinajstić information content (AvgIpc) is 2.73. The Morgan fingerprint density at radius 2 is 0.481 bits per heavy atom. The van der Waals surface area contributed by atoms with Crippen LogP contribution >= 0.6 is 0 Å². The highest BCUT2D eigenvalue weighted by Crippen LogP contribution is 2.19. The molecule has 4 aromatic rings. The van der Waals surface area contributed by atoms with Crippen molar-refractivity contribution in [2.24, 2.45) is 0 Å². The van der Waals surface area contributed by atoms with Crippen molar-refractivity contribution >= 4 is 35.3 Å². The second kappa shape index (κ2) is 9.23. The van der Waals surface area contributed by atoms with Crippen LogP contribution in [0.1, 0.15) is 0 Å². The molecule has 0 aliphatic heterocycles. The van der Waals surface area contributed by atoms with Crippen LogP contribution < -0.4 is 0 Å². The summed E-state index contributed by atoms with van der Waals surface area (Å²) in [5, 5.41) is 0. The van der Waals surface area contributed by atoms with Gasteiger partial charge in [-0.3, -0.25) is 0 Å². The van der Waals surface area contributed by atoms with Gasteiger partial charge in [-0.05, 0) is 72.8 Å². The third-order valence-corrected chi connectivity index (χ3v) is 7.32. The minimum absolute atomic E-state index is 1.26. The van der Waals surface area contributed by atoms with E-state index in [9.17, 15) is 0 Å². The predicted molar refractivity (Wildman–Crippen MR) is 122 cm³/mol. The Morgan fingerprint density at radius 1 is 0.259 bits per heavy atom. The molecule has 3 heteroatoms. The van der Waals surface area contributed by atoms with E-state index in [0.29, 0.717) is 0 Å². The van der Waals surface area contributed by atoms with Gasteiger partial charge in [0.2, 0.25) is 0 Å². The van der Waals surface area contributed by atoms with Crippen molar-refractivity contribution in [2.75, 3.05) is 0 Å². The van der Waals surface area contributed by atoms with E-state index in [0.717, 1.165) is 0 Å². The zero-order chi connectivity index (χ0) is 18.3. The smallest absolute Gasteiger partial charge is 0.0619 e. The largest absolute Gasteiger partial charge is 0.158 e. The Morgan fingerprint density at radius 3 is 0.741 bits per heavy atom. The van der Waals surface area contributed by atoms with E-state index in [4.69, 9.17) is 0 Å². The maximum absolute atomic E-state index is 2.24. The fraction of sp³-hybridized carbons (Fsp3) is 0. The van der Waals surface area contributed by atoms with E-state index in [-0.39, 0.29) is 0 Å². The predicted octanol–water partition coefficient (Wildman–Crippen LogP) is 5.39. The van der Waals surface area contributed by atoms with E-state index < -0.39 is 0 Å². The van der Waals surface area contributed by atoms with Gasteiger partial charge in [0.15, 0.2) is 29.4 Å². The van der Waals surface area contributed by atoms with Gasteiger partial charge in [-0.15, -0.1) is 0 Å². The van der Waals surface area contributed by atoms with E-state index >= 15 is 0 Å². The first-order valence-corrected chi connectivity index (χ1v) is 11.5. The van der Waals surface area contributed by atoms with Crippen molar-refractivity contribution in [2.45, 2.75) is 29.4 Å². The molecule has 0 unspecified atom stereocenters. The van der Waals surface area contributed by atoms with Crippen molar-refractivity contribution in [3.63, 3.8) is 0 Å². The molecular formula is C24H21S3+3. The Balaban J connectivity index is 1.37. The highest BCUT2D eigenvalue weighted by Gasteiger charge is 2.12. The van der Waals surface area contributed by atoms with Gasteiger partial charge in [-0.1, -0.05) is 36.4 Å². The SMILES string of the molecule is c1ccc([SH+]c2ccc([SH+]c3ccc([SH+]c4ccccc4)cc3)cc2)cc1. The lowest BCUT2D eigenvalue weighted by molar-refractivity contribution is 1.30. The summed E-state index contributed by atoms with van der Waals surface area (Å²) in [5.74, 6) is 0. The number of thiol groups is 3. The number of benzene rings is 4. The summed E-state index contributed by atoms with van der Waals surface area (Å²) in [5.41, 5.74) is 0. The average molecular weight is 406 g/mol. The monoisotopic (exact) mass is 405 g/mol. The molecule has 0 nitrogen and oxygen atoms in total. The van der Waals surface area contributed by atoms with Crippen LogP contribution in [0.15, 0.2) is 139 Å². The van der Waals surface area contributed by atoms with Gasteiger partial charge in [-0.2, -0.15) is 0 Å². The first-order valence-electron chi connectivity index (χ1n) is 8.81. The zero-order valence-corrected chi connectivity index (χ0v) is 17.4. The normalized spacial score (nSPS) is 10.7. The van der Waals surface area contributed by atoms with Crippen LogP contribution in [0.5, 0.6) is 0 Å². The van der Waals surface area contributed by atoms with E-state index in [2.05, 4.69) is 109 Å². The standard InChI is InChI=1S/C24H18S3/c1-3-7-19(8-4-1)25-21-11-15-23(16-12-21)27-24-17-13-22(14-18-24)26-20-9-5-2-6-10-20/h1-18H/p+3.